The molecular weight excluding hydrogens is 652 g/mol. The highest BCUT2D eigenvalue weighted by Gasteiger charge is 2.24. The van der Waals surface area contributed by atoms with Crippen LogP contribution in [-0.4, -0.2) is 55.2 Å². The maximum absolute atomic E-state index is 12.0. The minimum Gasteiger partial charge on any atom is -0.348 e. The summed E-state index contributed by atoms with van der Waals surface area (Å²) in [5.74, 6) is -0.0558. The number of nitrogens with two attached hydrogens (primary N) is 2. The molecule has 2 aromatic carbocycles. The lowest BCUT2D eigenvalue weighted by Gasteiger charge is -2.29. The van der Waals surface area contributed by atoms with E-state index in [-0.39, 0.29) is 36.0 Å². The number of amides is 2. The Morgan fingerprint density at radius 2 is 1.00 bits per heavy atom. The molecule has 0 aromatic heterocycles. The molecule has 0 radical (unpaired) electrons. The average Bonchev–Trinajstić information content (AvgIpc) is 2.87. The van der Waals surface area contributed by atoms with E-state index in [2.05, 4.69) is 42.5 Å². The zero-order valence-corrected chi connectivity index (χ0v) is 26.0. The second-order valence-corrected chi connectivity index (χ2v) is 13.1. The largest absolute Gasteiger partial charge is 0.348 e. The van der Waals surface area contributed by atoms with Crippen molar-refractivity contribution in [1.29, 1.82) is 0 Å². The number of carbonyl (C=O) groups excluding carboxylic acids is 2. The van der Waals surface area contributed by atoms with E-state index in [4.69, 9.17) is 16.0 Å². The van der Waals surface area contributed by atoms with Crippen molar-refractivity contribution in [3.63, 3.8) is 0 Å². The topological polar surface area (TPSA) is 165 Å². The third-order valence-corrected chi connectivity index (χ3v) is 7.54. The molecule has 0 saturated heterocycles. The highest BCUT2D eigenvalue weighted by Crippen LogP contribution is 2.19. The summed E-state index contributed by atoms with van der Waals surface area (Å²) in [6.45, 7) is 0. The normalized spacial score (nSPS) is 22.7. The number of benzene rings is 2. The molecule has 2 aliphatic rings. The van der Waals surface area contributed by atoms with E-state index in [1.54, 1.807) is 0 Å². The van der Waals surface area contributed by atoms with E-state index in [0.717, 1.165) is 47.5 Å². The standard InChI is InChI=1S/2C13H17BrN2O.CH4O3S/c2*14-10-7-5-9(6-8-10)13(17)16-12-4-2-1-3-11(12)15;1-5(2,3)4/h2*5-8,11-12H,1-4,15H2,(H,16,17);1H3,(H,2,3,4)/t11-,12-;;/m1../s1. The molecule has 2 unspecified atom stereocenters. The first kappa shape index (κ1) is 33.4. The summed E-state index contributed by atoms with van der Waals surface area (Å²) in [6.07, 6.45) is 9.35. The van der Waals surface area contributed by atoms with Gasteiger partial charge in [-0.2, -0.15) is 8.42 Å². The summed E-state index contributed by atoms with van der Waals surface area (Å²) in [4.78, 5) is 24.0. The summed E-state index contributed by atoms with van der Waals surface area (Å²) < 4.78 is 27.8. The summed E-state index contributed by atoms with van der Waals surface area (Å²) in [5, 5.41) is 6.05. The average molecular weight is 690 g/mol. The van der Waals surface area contributed by atoms with Crippen molar-refractivity contribution in [3.05, 3.63) is 68.6 Å². The van der Waals surface area contributed by atoms with E-state index < -0.39 is 10.1 Å². The molecule has 7 N–H and O–H groups in total. The molecule has 2 fully saturated rings. The van der Waals surface area contributed by atoms with Crippen molar-refractivity contribution in [1.82, 2.24) is 10.6 Å². The number of nitrogens with one attached hydrogen (secondary N) is 2. The Balaban J connectivity index is 0.000000234. The predicted molar refractivity (Wildman–Crippen MR) is 161 cm³/mol. The van der Waals surface area contributed by atoms with Crippen LogP contribution in [0.15, 0.2) is 57.5 Å². The Morgan fingerprint density at radius 1 is 0.718 bits per heavy atom. The highest BCUT2D eigenvalue weighted by molar-refractivity contribution is 9.10. The molecule has 2 aromatic rings. The second kappa shape index (κ2) is 16.4. The van der Waals surface area contributed by atoms with Gasteiger partial charge in [0.1, 0.15) is 0 Å². The monoisotopic (exact) mass is 688 g/mol. The van der Waals surface area contributed by atoms with E-state index in [1.165, 1.54) is 12.8 Å². The maximum Gasteiger partial charge on any atom is 0.261 e. The van der Waals surface area contributed by atoms with Gasteiger partial charge in [-0.05, 0) is 74.2 Å². The lowest BCUT2D eigenvalue weighted by molar-refractivity contribution is 0.0913. The highest BCUT2D eigenvalue weighted by atomic mass is 79.9. The van der Waals surface area contributed by atoms with Gasteiger partial charge in [-0.3, -0.25) is 14.1 Å². The van der Waals surface area contributed by atoms with Crippen LogP contribution < -0.4 is 22.1 Å². The molecule has 9 nitrogen and oxygen atoms in total. The van der Waals surface area contributed by atoms with Crippen molar-refractivity contribution in [2.45, 2.75) is 75.5 Å². The predicted octanol–water partition coefficient (Wildman–Crippen LogP) is 4.40. The van der Waals surface area contributed by atoms with Crippen molar-refractivity contribution in [3.8, 4) is 0 Å². The number of hydrogen-bond donors (Lipinski definition) is 5. The van der Waals surface area contributed by atoms with Gasteiger partial charge in [0.15, 0.2) is 0 Å². The van der Waals surface area contributed by atoms with Crippen molar-refractivity contribution in [2.75, 3.05) is 6.26 Å². The van der Waals surface area contributed by atoms with Crippen LogP contribution in [0, 0.1) is 0 Å². The van der Waals surface area contributed by atoms with Gasteiger partial charge in [-0.25, -0.2) is 0 Å². The smallest absolute Gasteiger partial charge is 0.261 e. The third-order valence-electron chi connectivity index (χ3n) is 6.48. The number of halogens is 2. The Morgan fingerprint density at radius 3 is 1.28 bits per heavy atom. The minimum atomic E-state index is -3.67. The summed E-state index contributed by atoms with van der Waals surface area (Å²) in [7, 11) is -3.67. The van der Waals surface area contributed by atoms with Gasteiger partial charge in [0.05, 0.1) is 6.26 Å². The van der Waals surface area contributed by atoms with Crippen LogP contribution in [0.3, 0.4) is 0 Å². The Hall–Kier alpha value is -1.83. The van der Waals surface area contributed by atoms with Gasteiger partial charge in [0.25, 0.3) is 21.9 Å². The molecule has 0 aliphatic heterocycles. The molecule has 0 bridgehead atoms. The fourth-order valence-corrected chi connectivity index (χ4v) is 4.91. The Kier molecular flexibility index (Phi) is 14.1. The number of carbonyl (C=O) groups is 2. The molecular formula is C27H38Br2N4O5S. The zero-order chi connectivity index (χ0) is 29.0. The van der Waals surface area contributed by atoms with Gasteiger partial charge in [-0.15, -0.1) is 0 Å². The van der Waals surface area contributed by atoms with Gasteiger partial charge < -0.3 is 22.1 Å². The first-order valence-electron chi connectivity index (χ1n) is 12.9. The van der Waals surface area contributed by atoms with Crippen molar-refractivity contribution >= 4 is 53.8 Å². The van der Waals surface area contributed by atoms with Crippen molar-refractivity contribution in [2.24, 2.45) is 11.5 Å². The first-order valence-corrected chi connectivity index (χ1v) is 16.3. The number of hydrogen-bond acceptors (Lipinski definition) is 6. The van der Waals surface area contributed by atoms with E-state index in [9.17, 15) is 18.0 Å². The molecule has 2 saturated carbocycles. The van der Waals surface area contributed by atoms with Gasteiger partial charge in [0.2, 0.25) is 0 Å². The first-order chi connectivity index (χ1) is 18.3. The minimum absolute atomic E-state index is 0.0279. The lowest BCUT2D eigenvalue weighted by atomic mass is 9.91. The Labute approximate surface area is 247 Å². The van der Waals surface area contributed by atoms with Gasteiger partial charge >= 0.3 is 0 Å². The fraction of sp³-hybridized carbons (Fsp3) is 0.481. The molecule has 216 valence electrons. The third kappa shape index (κ3) is 13.4. The van der Waals surface area contributed by atoms with Crippen LogP contribution in [0.25, 0.3) is 0 Å². The van der Waals surface area contributed by atoms with Crippen LogP contribution in [0.2, 0.25) is 0 Å². The van der Waals surface area contributed by atoms with Crippen LogP contribution in [0.4, 0.5) is 0 Å². The van der Waals surface area contributed by atoms with E-state index >= 15 is 0 Å². The van der Waals surface area contributed by atoms with Crippen LogP contribution in [0.1, 0.15) is 72.1 Å². The van der Waals surface area contributed by atoms with Crippen LogP contribution >= 0.6 is 31.9 Å². The quantitative estimate of drug-likeness (QED) is 0.297. The fourth-order valence-electron chi connectivity index (χ4n) is 4.38. The molecule has 0 spiro atoms. The van der Waals surface area contributed by atoms with E-state index in [1.807, 2.05) is 48.5 Å². The summed E-state index contributed by atoms with van der Waals surface area (Å²) in [5.41, 5.74) is 13.4. The van der Waals surface area contributed by atoms with Gasteiger partial charge in [-0.1, -0.05) is 57.5 Å². The Bertz CT molecular complexity index is 1080. The molecule has 2 aliphatic carbocycles. The van der Waals surface area contributed by atoms with E-state index in [0.29, 0.717) is 17.4 Å². The molecule has 4 atom stereocenters. The van der Waals surface area contributed by atoms with Crippen molar-refractivity contribution < 1.29 is 22.6 Å². The second-order valence-electron chi connectivity index (χ2n) is 9.80. The lowest BCUT2D eigenvalue weighted by Crippen LogP contribution is -2.49. The SMILES string of the molecule is CS(=O)(=O)O.NC1CCCCC1NC(=O)c1ccc(Br)cc1.N[C@@H]1CCCC[C@H]1NC(=O)c1ccc(Br)cc1. The van der Waals surface area contributed by atoms with Crippen LogP contribution in [0.5, 0.6) is 0 Å². The zero-order valence-electron chi connectivity index (χ0n) is 22.0. The summed E-state index contributed by atoms with van der Waals surface area (Å²) >= 11 is 6.70. The molecule has 0 heterocycles. The maximum atomic E-state index is 12.0. The molecule has 39 heavy (non-hydrogen) atoms. The molecule has 2 amide bonds. The molecule has 4 rings (SSSR count). The summed E-state index contributed by atoms with van der Waals surface area (Å²) in [6, 6.07) is 15.2. The molecule has 12 heteroatoms. The number of rotatable bonds is 4. The van der Waals surface area contributed by atoms with Gasteiger partial charge in [0, 0.05) is 44.2 Å². The van der Waals surface area contributed by atoms with Crippen LogP contribution in [-0.2, 0) is 10.1 Å².